The molecule has 0 bridgehead atoms. The second-order valence-electron chi connectivity index (χ2n) is 8.44. The zero-order valence-electron chi connectivity index (χ0n) is 18.4. The molecule has 1 aromatic carbocycles. The van der Waals surface area contributed by atoms with Crippen LogP contribution in [0.4, 0.5) is 10.6 Å². The summed E-state index contributed by atoms with van der Waals surface area (Å²) in [5, 5.41) is 27.8. The van der Waals surface area contributed by atoms with E-state index in [1.165, 1.54) is 11.9 Å². The first-order valence-electron chi connectivity index (χ1n) is 10.7. The zero-order valence-corrected chi connectivity index (χ0v) is 19.3. The van der Waals surface area contributed by atoms with Gasteiger partial charge in [0.2, 0.25) is 5.88 Å². The predicted molar refractivity (Wildman–Crippen MR) is 120 cm³/mol. The van der Waals surface area contributed by atoms with E-state index >= 15 is 0 Å². The summed E-state index contributed by atoms with van der Waals surface area (Å²) < 4.78 is 34.7. The number of rotatable bonds is 8. The lowest BCUT2D eigenvalue weighted by atomic mass is 10.1. The lowest BCUT2D eigenvalue weighted by Crippen LogP contribution is -2.44. The quantitative estimate of drug-likeness (QED) is 0.413. The second-order valence-corrected chi connectivity index (χ2v) is 9.91. The fourth-order valence-corrected chi connectivity index (χ4v) is 5.23. The smallest absolute Gasteiger partial charge is 0.422 e. The van der Waals surface area contributed by atoms with Crippen LogP contribution in [-0.2, 0) is 21.4 Å². The standard InChI is InChI=1S/C21H27N5O7S/c1-32-17-7-12-4-2-3-5-15(12)20(17)25-18-9-19(24-11-23-18)33-14-6-13(16(27)8-14)10-26(21(28)29)34(22,30)31/h2-5,9,11,13-14,16-17,20,27H,6-8,10H2,1H3,(H,28,29)(H2,22,30,31)(H,23,24,25)/t13-,14+,16+,17-,20+/m0/s1. The molecule has 4 rings (SSSR count). The Morgan fingerprint density at radius 2 is 2.06 bits per heavy atom. The Morgan fingerprint density at radius 1 is 1.29 bits per heavy atom. The number of nitrogens with two attached hydrogens (primary N) is 1. The molecular weight excluding hydrogens is 466 g/mol. The first-order valence-corrected chi connectivity index (χ1v) is 12.2. The molecule has 2 aliphatic carbocycles. The molecule has 1 saturated carbocycles. The minimum Gasteiger partial charge on any atom is -0.474 e. The van der Waals surface area contributed by atoms with Crippen LogP contribution in [0.15, 0.2) is 36.7 Å². The van der Waals surface area contributed by atoms with E-state index in [-0.39, 0.29) is 35.2 Å². The molecule has 12 nitrogen and oxygen atoms in total. The number of carbonyl (C=O) groups is 1. The third-order valence-electron chi connectivity index (χ3n) is 6.25. The Hall–Kier alpha value is -3.00. The van der Waals surface area contributed by atoms with E-state index in [1.54, 1.807) is 13.2 Å². The maximum absolute atomic E-state index is 11.5. The maximum Gasteiger partial charge on any atom is 0.422 e. The molecule has 2 aromatic rings. The van der Waals surface area contributed by atoms with Gasteiger partial charge in [-0.05, 0) is 17.5 Å². The van der Waals surface area contributed by atoms with Gasteiger partial charge in [-0.2, -0.15) is 12.7 Å². The van der Waals surface area contributed by atoms with Gasteiger partial charge < -0.3 is 25.0 Å². The maximum atomic E-state index is 11.5. The number of aromatic nitrogens is 2. The molecule has 0 aliphatic heterocycles. The molecule has 1 heterocycles. The molecule has 5 N–H and O–H groups in total. The van der Waals surface area contributed by atoms with Crippen molar-refractivity contribution < 1.29 is 32.9 Å². The van der Waals surface area contributed by atoms with Crippen LogP contribution < -0.4 is 15.2 Å². The molecule has 1 fully saturated rings. The van der Waals surface area contributed by atoms with Gasteiger partial charge >= 0.3 is 16.3 Å². The SMILES string of the molecule is CO[C@H]1Cc2ccccc2[C@H]1Nc1cc(O[C@@H]2C[C@@H](CN(C(=O)O)S(N)(=O)=O)[C@H](O)C2)ncn1. The fraction of sp³-hybridized carbons (Fsp3) is 0.476. The van der Waals surface area contributed by atoms with Crippen molar-refractivity contribution in [2.45, 2.75) is 43.6 Å². The van der Waals surface area contributed by atoms with Crippen molar-refractivity contribution in [2.24, 2.45) is 11.1 Å². The Morgan fingerprint density at radius 3 is 2.76 bits per heavy atom. The van der Waals surface area contributed by atoms with Crippen LogP contribution in [0.1, 0.15) is 30.0 Å². The lowest BCUT2D eigenvalue weighted by Gasteiger charge is -2.22. The van der Waals surface area contributed by atoms with Gasteiger partial charge in [-0.25, -0.2) is 19.9 Å². The number of carboxylic acid groups (broad SMARTS) is 1. The number of nitrogens with one attached hydrogen (secondary N) is 1. The Kier molecular flexibility index (Phi) is 6.89. The first kappa shape index (κ1) is 24.1. The number of hydrogen-bond acceptors (Lipinski definition) is 9. The largest absolute Gasteiger partial charge is 0.474 e. The van der Waals surface area contributed by atoms with Crippen molar-refractivity contribution in [1.82, 2.24) is 14.3 Å². The molecule has 0 saturated heterocycles. The van der Waals surface area contributed by atoms with E-state index in [0.29, 0.717) is 5.82 Å². The van der Waals surface area contributed by atoms with Gasteiger partial charge in [0.1, 0.15) is 18.2 Å². The van der Waals surface area contributed by atoms with Crippen molar-refractivity contribution in [2.75, 3.05) is 19.0 Å². The summed E-state index contributed by atoms with van der Waals surface area (Å²) in [7, 11) is -2.78. The summed E-state index contributed by atoms with van der Waals surface area (Å²) in [4.78, 5) is 19.6. The van der Waals surface area contributed by atoms with E-state index < -0.39 is 41.0 Å². The second kappa shape index (κ2) is 9.70. The molecule has 5 atom stereocenters. The lowest BCUT2D eigenvalue weighted by molar-refractivity contribution is 0.0959. The predicted octanol–water partition coefficient (Wildman–Crippen LogP) is 0.903. The highest BCUT2D eigenvalue weighted by Crippen LogP contribution is 2.36. The molecular formula is C21H27N5O7S. The summed E-state index contributed by atoms with van der Waals surface area (Å²) >= 11 is 0. The minimum absolute atomic E-state index is 0.0570. The normalized spacial score (nSPS) is 26.1. The fourth-order valence-electron chi connectivity index (χ4n) is 4.61. The molecule has 34 heavy (non-hydrogen) atoms. The highest BCUT2D eigenvalue weighted by molar-refractivity contribution is 7.87. The van der Waals surface area contributed by atoms with Crippen LogP contribution >= 0.6 is 0 Å². The molecule has 13 heteroatoms. The average Bonchev–Trinajstić information content (AvgIpc) is 3.30. The third kappa shape index (κ3) is 5.22. The van der Waals surface area contributed by atoms with Crippen molar-refractivity contribution in [3.05, 3.63) is 47.8 Å². The van der Waals surface area contributed by atoms with Crippen LogP contribution in [-0.4, -0.2) is 71.0 Å². The number of ether oxygens (including phenoxy) is 2. The molecule has 1 amide bonds. The Bertz CT molecular complexity index is 1150. The van der Waals surface area contributed by atoms with Gasteiger partial charge in [0.25, 0.3) is 0 Å². The van der Waals surface area contributed by atoms with Gasteiger partial charge in [-0.3, -0.25) is 0 Å². The number of aliphatic hydroxyl groups excluding tert-OH is 1. The molecule has 0 unspecified atom stereocenters. The van der Waals surface area contributed by atoms with E-state index in [9.17, 15) is 18.3 Å². The van der Waals surface area contributed by atoms with Crippen LogP contribution in [0, 0.1) is 5.92 Å². The summed E-state index contributed by atoms with van der Waals surface area (Å²) in [6, 6.07) is 9.63. The van der Waals surface area contributed by atoms with E-state index in [4.69, 9.17) is 19.7 Å². The highest BCUT2D eigenvalue weighted by atomic mass is 32.2. The first-order chi connectivity index (χ1) is 16.2. The Balaban J connectivity index is 1.42. The van der Waals surface area contributed by atoms with Gasteiger partial charge in [0, 0.05) is 38.5 Å². The number of nitrogens with zero attached hydrogens (tertiary/aromatic N) is 3. The number of amides is 1. The van der Waals surface area contributed by atoms with Crippen LogP contribution in [0.2, 0.25) is 0 Å². The van der Waals surface area contributed by atoms with Crippen molar-refractivity contribution >= 4 is 22.1 Å². The number of fused-ring (bicyclic) bond motifs is 1. The molecule has 2 aliphatic rings. The monoisotopic (exact) mass is 493 g/mol. The minimum atomic E-state index is -4.45. The molecule has 184 valence electrons. The van der Waals surface area contributed by atoms with Gasteiger partial charge in [0.05, 0.1) is 18.2 Å². The topological polar surface area (TPSA) is 177 Å². The van der Waals surface area contributed by atoms with Gasteiger partial charge in [-0.15, -0.1) is 0 Å². The van der Waals surface area contributed by atoms with Crippen molar-refractivity contribution in [3.8, 4) is 5.88 Å². The van der Waals surface area contributed by atoms with Crippen molar-refractivity contribution in [1.29, 1.82) is 0 Å². The summed E-state index contributed by atoms with van der Waals surface area (Å²) in [5.74, 6) is 0.156. The summed E-state index contributed by atoms with van der Waals surface area (Å²) in [6.45, 7) is -0.453. The number of anilines is 1. The summed E-state index contributed by atoms with van der Waals surface area (Å²) in [5.41, 5.74) is 2.34. The van der Waals surface area contributed by atoms with Gasteiger partial charge in [-0.1, -0.05) is 24.3 Å². The van der Waals surface area contributed by atoms with Crippen LogP contribution in [0.25, 0.3) is 0 Å². The average molecular weight is 494 g/mol. The van der Waals surface area contributed by atoms with Crippen LogP contribution in [0.3, 0.4) is 0 Å². The van der Waals surface area contributed by atoms with Crippen LogP contribution in [0.5, 0.6) is 5.88 Å². The van der Waals surface area contributed by atoms with E-state index in [2.05, 4.69) is 21.4 Å². The number of aliphatic hydroxyl groups is 1. The van der Waals surface area contributed by atoms with E-state index in [0.717, 1.165) is 12.0 Å². The summed E-state index contributed by atoms with van der Waals surface area (Å²) in [6.07, 6.45) is -0.635. The van der Waals surface area contributed by atoms with Gasteiger partial charge in [0.15, 0.2) is 0 Å². The Labute approximate surface area is 196 Å². The van der Waals surface area contributed by atoms with Crippen molar-refractivity contribution in [3.63, 3.8) is 0 Å². The molecule has 0 radical (unpaired) electrons. The number of methoxy groups -OCH3 is 1. The number of hydrogen-bond donors (Lipinski definition) is 4. The zero-order chi connectivity index (χ0) is 24.5. The highest BCUT2D eigenvalue weighted by Gasteiger charge is 2.39. The number of benzene rings is 1. The third-order valence-corrected chi connectivity index (χ3v) is 7.17. The van der Waals surface area contributed by atoms with E-state index in [1.807, 2.05) is 18.2 Å². The molecule has 0 spiro atoms. The molecule has 1 aromatic heterocycles.